The van der Waals surface area contributed by atoms with Crippen molar-refractivity contribution >= 4 is 19.8 Å². The van der Waals surface area contributed by atoms with Gasteiger partial charge in [0, 0.05) is 12.8 Å². The van der Waals surface area contributed by atoms with Crippen molar-refractivity contribution in [1.82, 2.24) is 0 Å². The maximum Gasteiger partial charge on any atom is 0.472 e. The lowest BCUT2D eigenvalue weighted by molar-refractivity contribution is -0.161. The third kappa shape index (κ3) is 38.0. The number of aliphatic hydroxyl groups is 2. The molecule has 0 aliphatic carbocycles. The van der Waals surface area contributed by atoms with Crippen LogP contribution in [0.5, 0.6) is 0 Å². The van der Waals surface area contributed by atoms with Crippen LogP contribution < -0.4 is 0 Å². The summed E-state index contributed by atoms with van der Waals surface area (Å²) in [4.78, 5) is 34.9. The summed E-state index contributed by atoms with van der Waals surface area (Å²) < 4.78 is 32.5. The maximum absolute atomic E-state index is 12.5. The lowest BCUT2D eigenvalue weighted by Crippen LogP contribution is -2.29. The molecule has 3 atom stereocenters. The molecule has 0 heterocycles. The van der Waals surface area contributed by atoms with Crippen LogP contribution in [-0.2, 0) is 32.7 Å². The van der Waals surface area contributed by atoms with E-state index in [4.69, 9.17) is 19.1 Å². The van der Waals surface area contributed by atoms with Crippen LogP contribution in [0.25, 0.3) is 0 Å². The standard InChI is InChI=1S/C42H75O10P/c1-3-5-7-9-11-13-15-17-19-21-23-25-27-29-31-33-41(45)49-37-40(38-51-53(47,48)50-36-39(44)35-43)52-42(46)34-32-30-28-26-24-22-20-18-16-14-12-10-8-6-4-2/h11,13,17,19,23,25,28,30,39-40,43-44H,3-10,12,14-16,18,20-22,24,26-27,29,31-38H2,1-2H3,(H,47,48)/b13-11+,19-17+,25-23+,30-28+/t39-,40+/m0/s1. The van der Waals surface area contributed by atoms with Gasteiger partial charge in [0.15, 0.2) is 6.10 Å². The number of aliphatic hydroxyl groups excluding tert-OH is 2. The second-order valence-electron chi connectivity index (χ2n) is 13.7. The normalized spacial score (nSPS) is 14.4. The van der Waals surface area contributed by atoms with Crippen LogP contribution in [0.2, 0.25) is 0 Å². The van der Waals surface area contributed by atoms with Gasteiger partial charge >= 0.3 is 19.8 Å². The van der Waals surface area contributed by atoms with Crippen molar-refractivity contribution in [3.8, 4) is 0 Å². The molecule has 0 aliphatic rings. The van der Waals surface area contributed by atoms with E-state index in [2.05, 4.69) is 60.9 Å². The van der Waals surface area contributed by atoms with E-state index in [1.807, 2.05) is 6.08 Å². The average Bonchev–Trinajstić information content (AvgIpc) is 3.14. The highest BCUT2D eigenvalue weighted by atomic mass is 31.2. The number of allylic oxidation sites excluding steroid dienone is 8. The molecule has 0 aromatic carbocycles. The molecule has 0 spiro atoms. The van der Waals surface area contributed by atoms with E-state index in [-0.39, 0.29) is 19.4 Å². The number of hydrogen-bond donors (Lipinski definition) is 3. The van der Waals surface area contributed by atoms with Crippen LogP contribution in [0, 0.1) is 0 Å². The molecule has 0 saturated carbocycles. The third-order valence-corrected chi connectivity index (χ3v) is 9.42. The summed E-state index contributed by atoms with van der Waals surface area (Å²) in [6.45, 7) is 2.26. The smallest absolute Gasteiger partial charge is 0.462 e. The molecule has 3 N–H and O–H groups in total. The minimum atomic E-state index is -4.63. The molecule has 0 aromatic heterocycles. The summed E-state index contributed by atoms with van der Waals surface area (Å²) in [5.41, 5.74) is 0. The van der Waals surface area contributed by atoms with Crippen molar-refractivity contribution in [2.24, 2.45) is 0 Å². The summed E-state index contributed by atoms with van der Waals surface area (Å²) >= 11 is 0. The lowest BCUT2D eigenvalue weighted by Gasteiger charge is -2.20. The van der Waals surface area contributed by atoms with E-state index < -0.39 is 51.8 Å². The Hall–Kier alpha value is -2.07. The van der Waals surface area contributed by atoms with Crippen molar-refractivity contribution in [2.45, 2.75) is 180 Å². The van der Waals surface area contributed by atoms with Gasteiger partial charge in [-0.1, -0.05) is 140 Å². The summed E-state index contributed by atoms with van der Waals surface area (Å²) in [5, 5.41) is 18.3. The first kappa shape index (κ1) is 50.9. The Balaban J connectivity index is 4.44. The number of carbonyl (C=O) groups is 2. The highest BCUT2D eigenvalue weighted by molar-refractivity contribution is 7.47. The molecule has 1 unspecified atom stereocenters. The van der Waals surface area contributed by atoms with E-state index in [1.54, 1.807) is 0 Å². The molecule has 0 radical (unpaired) electrons. The van der Waals surface area contributed by atoms with Gasteiger partial charge in [0.1, 0.15) is 12.7 Å². The van der Waals surface area contributed by atoms with E-state index in [9.17, 15) is 24.2 Å². The molecule has 0 saturated heterocycles. The zero-order chi connectivity index (χ0) is 39.1. The fraction of sp³-hybridized carbons (Fsp3) is 0.762. The Labute approximate surface area is 322 Å². The molecule has 0 fully saturated rings. The van der Waals surface area contributed by atoms with E-state index in [0.717, 1.165) is 44.9 Å². The number of phosphoric acid groups is 1. The van der Waals surface area contributed by atoms with Crippen molar-refractivity contribution in [2.75, 3.05) is 26.4 Å². The topological polar surface area (TPSA) is 149 Å². The molecule has 0 amide bonds. The van der Waals surface area contributed by atoms with Gasteiger partial charge in [-0.05, 0) is 64.2 Å². The first-order valence-electron chi connectivity index (χ1n) is 20.6. The van der Waals surface area contributed by atoms with Gasteiger partial charge in [-0.25, -0.2) is 4.57 Å². The predicted molar refractivity (Wildman–Crippen MR) is 214 cm³/mol. The number of ether oxygens (including phenoxy) is 2. The monoisotopic (exact) mass is 771 g/mol. The van der Waals surface area contributed by atoms with Gasteiger partial charge in [-0.3, -0.25) is 18.6 Å². The Morgan fingerprint density at radius 1 is 0.566 bits per heavy atom. The molecule has 0 aromatic rings. The molecule has 0 aliphatic heterocycles. The molecule has 11 heteroatoms. The SMILES string of the molecule is CCCCC/C=C/C/C=C/C/C=C/CCCCC(=O)OC[C@H](COP(=O)(O)OC[C@@H](O)CO)OC(=O)CC/C=C/CCCCCCCCCCCCC. The fourth-order valence-corrected chi connectivity index (χ4v) is 6.04. The number of hydrogen-bond acceptors (Lipinski definition) is 9. The van der Waals surface area contributed by atoms with Gasteiger partial charge in [-0.15, -0.1) is 0 Å². The number of carbonyl (C=O) groups excluding carboxylic acids is 2. The quantitative estimate of drug-likeness (QED) is 0.0240. The maximum atomic E-state index is 12.5. The minimum Gasteiger partial charge on any atom is -0.462 e. The summed E-state index contributed by atoms with van der Waals surface area (Å²) in [7, 11) is -4.63. The van der Waals surface area contributed by atoms with E-state index in [0.29, 0.717) is 12.8 Å². The highest BCUT2D eigenvalue weighted by Crippen LogP contribution is 2.43. The second kappa shape index (κ2) is 38.2. The number of unbranched alkanes of at least 4 members (excludes halogenated alkanes) is 16. The highest BCUT2D eigenvalue weighted by Gasteiger charge is 2.27. The molecule has 308 valence electrons. The first-order chi connectivity index (χ1) is 25.7. The summed E-state index contributed by atoms with van der Waals surface area (Å²) in [6, 6.07) is 0. The van der Waals surface area contributed by atoms with Gasteiger partial charge in [-0.2, -0.15) is 0 Å². The van der Waals surface area contributed by atoms with E-state index >= 15 is 0 Å². The van der Waals surface area contributed by atoms with Gasteiger partial charge in [0.2, 0.25) is 0 Å². The first-order valence-corrected chi connectivity index (χ1v) is 22.1. The largest absolute Gasteiger partial charge is 0.472 e. The predicted octanol–water partition coefficient (Wildman–Crippen LogP) is 10.6. The van der Waals surface area contributed by atoms with Gasteiger partial charge in [0.05, 0.1) is 19.8 Å². The Bertz CT molecular complexity index is 1030. The number of rotatable bonds is 38. The summed E-state index contributed by atoms with van der Waals surface area (Å²) in [5.74, 6) is -1.03. The van der Waals surface area contributed by atoms with Crippen LogP contribution in [-0.4, -0.2) is 65.7 Å². The molecular formula is C42H75O10P. The Morgan fingerprint density at radius 2 is 1.02 bits per heavy atom. The van der Waals surface area contributed by atoms with Crippen molar-refractivity contribution in [3.63, 3.8) is 0 Å². The number of phosphoric ester groups is 1. The third-order valence-electron chi connectivity index (χ3n) is 8.47. The summed E-state index contributed by atoms with van der Waals surface area (Å²) in [6.07, 6.45) is 39.5. The van der Waals surface area contributed by atoms with E-state index in [1.165, 1.54) is 83.5 Å². The zero-order valence-electron chi connectivity index (χ0n) is 33.2. The molecular weight excluding hydrogens is 695 g/mol. The van der Waals surface area contributed by atoms with Crippen molar-refractivity contribution in [3.05, 3.63) is 48.6 Å². The molecule has 53 heavy (non-hydrogen) atoms. The minimum absolute atomic E-state index is 0.0919. The molecule has 0 bridgehead atoms. The fourth-order valence-electron chi connectivity index (χ4n) is 5.25. The van der Waals surface area contributed by atoms with Crippen LogP contribution >= 0.6 is 7.82 Å². The Kier molecular flexibility index (Phi) is 36.7. The lowest BCUT2D eigenvalue weighted by atomic mass is 10.1. The Morgan fingerprint density at radius 3 is 1.60 bits per heavy atom. The van der Waals surface area contributed by atoms with Crippen LogP contribution in [0.15, 0.2) is 48.6 Å². The zero-order valence-corrected chi connectivity index (χ0v) is 34.1. The average molecular weight is 771 g/mol. The van der Waals surface area contributed by atoms with Crippen LogP contribution in [0.4, 0.5) is 0 Å². The van der Waals surface area contributed by atoms with Crippen LogP contribution in [0.1, 0.15) is 168 Å². The van der Waals surface area contributed by atoms with Crippen LogP contribution in [0.3, 0.4) is 0 Å². The molecule has 10 nitrogen and oxygen atoms in total. The van der Waals surface area contributed by atoms with Gasteiger partial charge < -0.3 is 24.6 Å². The van der Waals surface area contributed by atoms with Crippen molar-refractivity contribution in [1.29, 1.82) is 0 Å². The second-order valence-corrected chi connectivity index (χ2v) is 15.1. The number of esters is 2. The van der Waals surface area contributed by atoms with Gasteiger partial charge in [0.25, 0.3) is 0 Å². The van der Waals surface area contributed by atoms with Crippen molar-refractivity contribution < 1.29 is 47.8 Å². The molecule has 0 rings (SSSR count).